The van der Waals surface area contributed by atoms with Crippen LogP contribution in [0.5, 0.6) is 11.5 Å². The zero-order chi connectivity index (χ0) is 22.1. The van der Waals surface area contributed by atoms with Gasteiger partial charge in [0.1, 0.15) is 6.54 Å². The summed E-state index contributed by atoms with van der Waals surface area (Å²) in [6.45, 7) is 7.81. The van der Waals surface area contributed by atoms with Gasteiger partial charge < -0.3 is 14.8 Å². The van der Waals surface area contributed by atoms with Crippen molar-refractivity contribution in [1.29, 1.82) is 0 Å². The second kappa shape index (κ2) is 8.25. The van der Waals surface area contributed by atoms with E-state index in [4.69, 9.17) is 9.47 Å². The molecule has 1 aromatic carbocycles. The van der Waals surface area contributed by atoms with Gasteiger partial charge in [-0.25, -0.2) is 9.67 Å². The molecule has 3 aromatic rings. The Morgan fingerprint density at radius 1 is 1.16 bits per heavy atom. The van der Waals surface area contributed by atoms with Crippen LogP contribution in [0.25, 0.3) is 5.95 Å². The molecule has 1 aliphatic heterocycles. The van der Waals surface area contributed by atoms with Gasteiger partial charge in [0.15, 0.2) is 11.5 Å². The van der Waals surface area contributed by atoms with Gasteiger partial charge in [0, 0.05) is 17.8 Å². The zero-order valence-corrected chi connectivity index (χ0v) is 18.1. The number of hydrogen-bond donors (Lipinski definition) is 1. The SMILES string of the molecule is CCc1c(C)nc(-n2nc(C)cc2C)n(CC(=O)NCc2ccc3c(c2)OCO3)c1=O. The minimum atomic E-state index is -0.296. The van der Waals surface area contributed by atoms with E-state index in [0.717, 1.165) is 17.0 Å². The Labute approximate surface area is 179 Å². The van der Waals surface area contributed by atoms with Crippen LogP contribution in [0.3, 0.4) is 0 Å². The molecule has 0 atom stereocenters. The van der Waals surface area contributed by atoms with Crippen LogP contribution in [0.2, 0.25) is 0 Å². The first-order valence-corrected chi connectivity index (χ1v) is 10.2. The summed E-state index contributed by atoms with van der Waals surface area (Å²) in [5, 5.41) is 7.31. The first kappa shape index (κ1) is 20.6. The highest BCUT2D eigenvalue weighted by molar-refractivity contribution is 5.76. The standard InChI is InChI=1S/C22H25N5O4/c1-5-17-15(4)24-22(27-14(3)8-13(2)25-27)26(21(17)29)11-20(28)23-10-16-6-7-18-19(9-16)31-12-30-18/h6-9H,5,10-12H2,1-4H3,(H,23,28). The van der Waals surface area contributed by atoms with Crippen molar-refractivity contribution in [2.24, 2.45) is 0 Å². The predicted molar refractivity (Wildman–Crippen MR) is 114 cm³/mol. The summed E-state index contributed by atoms with van der Waals surface area (Å²) in [5.41, 5.74) is 3.53. The zero-order valence-electron chi connectivity index (χ0n) is 18.1. The highest BCUT2D eigenvalue weighted by atomic mass is 16.7. The van der Waals surface area contributed by atoms with E-state index in [1.54, 1.807) is 11.6 Å². The Morgan fingerprint density at radius 3 is 2.65 bits per heavy atom. The van der Waals surface area contributed by atoms with Crippen LogP contribution in [-0.2, 0) is 24.3 Å². The Hall–Kier alpha value is -3.62. The minimum absolute atomic E-state index is 0.155. The number of carbonyl (C=O) groups is 1. The number of aromatic nitrogens is 4. The van der Waals surface area contributed by atoms with Gasteiger partial charge in [0.2, 0.25) is 18.6 Å². The topological polar surface area (TPSA) is 100 Å². The lowest BCUT2D eigenvalue weighted by Crippen LogP contribution is -2.36. The number of amides is 1. The normalized spacial score (nSPS) is 12.3. The molecule has 9 heteroatoms. The number of nitrogens with one attached hydrogen (secondary N) is 1. The van der Waals surface area contributed by atoms with E-state index in [-0.39, 0.29) is 24.8 Å². The monoisotopic (exact) mass is 423 g/mol. The summed E-state index contributed by atoms with van der Waals surface area (Å²) >= 11 is 0. The molecule has 0 saturated carbocycles. The third-order valence-corrected chi connectivity index (χ3v) is 5.23. The van der Waals surface area contributed by atoms with Crippen molar-refractivity contribution in [3.63, 3.8) is 0 Å². The van der Waals surface area contributed by atoms with Gasteiger partial charge in [-0.15, -0.1) is 0 Å². The lowest BCUT2D eigenvalue weighted by atomic mass is 10.2. The number of fused-ring (bicyclic) bond motifs is 1. The van der Waals surface area contributed by atoms with Crippen molar-refractivity contribution in [2.75, 3.05) is 6.79 Å². The van der Waals surface area contributed by atoms with Crippen LogP contribution in [-0.4, -0.2) is 32.0 Å². The predicted octanol–water partition coefficient (Wildman–Crippen LogP) is 1.96. The van der Waals surface area contributed by atoms with E-state index in [1.165, 1.54) is 4.57 Å². The van der Waals surface area contributed by atoms with Crippen LogP contribution in [0, 0.1) is 20.8 Å². The van der Waals surface area contributed by atoms with E-state index in [9.17, 15) is 9.59 Å². The quantitative estimate of drug-likeness (QED) is 0.651. The van der Waals surface area contributed by atoms with E-state index in [0.29, 0.717) is 41.7 Å². The Balaban J connectivity index is 1.60. The lowest BCUT2D eigenvalue weighted by Gasteiger charge is -2.16. The fourth-order valence-corrected chi connectivity index (χ4v) is 3.68. The Morgan fingerprint density at radius 2 is 1.94 bits per heavy atom. The van der Waals surface area contributed by atoms with Gasteiger partial charge >= 0.3 is 0 Å². The highest BCUT2D eigenvalue weighted by Gasteiger charge is 2.19. The summed E-state index contributed by atoms with van der Waals surface area (Å²) in [5.74, 6) is 1.39. The van der Waals surface area contributed by atoms with Gasteiger partial charge in [0.05, 0.1) is 11.4 Å². The van der Waals surface area contributed by atoms with Gasteiger partial charge in [-0.05, 0) is 51.0 Å². The fraction of sp³-hybridized carbons (Fsp3) is 0.364. The van der Waals surface area contributed by atoms with Crippen LogP contribution >= 0.6 is 0 Å². The van der Waals surface area contributed by atoms with Gasteiger partial charge in [-0.1, -0.05) is 13.0 Å². The van der Waals surface area contributed by atoms with Crippen molar-refractivity contribution in [2.45, 2.75) is 47.2 Å². The van der Waals surface area contributed by atoms with E-state index in [1.807, 2.05) is 45.0 Å². The second-order valence-electron chi connectivity index (χ2n) is 7.52. The molecule has 4 rings (SSSR count). The number of rotatable bonds is 6. The summed E-state index contributed by atoms with van der Waals surface area (Å²) < 4.78 is 13.7. The molecule has 1 aliphatic rings. The maximum atomic E-state index is 13.1. The molecule has 0 bridgehead atoms. The molecule has 31 heavy (non-hydrogen) atoms. The van der Waals surface area contributed by atoms with Crippen molar-refractivity contribution < 1.29 is 14.3 Å². The molecule has 3 heterocycles. The molecule has 1 amide bonds. The molecule has 0 fully saturated rings. The van der Waals surface area contributed by atoms with Crippen molar-refractivity contribution in [3.05, 3.63) is 62.8 Å². The first-order chi connectivity index (χ1) is 14.9. The molecule has 2 aromatic heterocycles. The van der Waals surface area contributed by atoms with Crippen LogP contribution < -0.4 is 20.3 Å². The molecule has 0 spiro atoms. The van der Waals surface area contributed by atoms with Crippen LogP contribution in [0.15, 0.2) is 29.1 Å². The molecule has 162 valence electrons. The molecule has 9 nitrogen and oxygen atoms in total. The van der Waals surface area contributed by atoms with E-state index in [2.05, 4.69) is 15.4 Å². The number of nitrogens with zero attached hydrogens (tertiary/aromatic N) is 4. The van der Waals surface area contributed by atoms with Crippen molar-refractivity contribution in [3.8, 4) is 17.4 Å². The number of ether oxygens (including phenoxy) is 2. The summed E-state index contributed by atoms with van der Waals surface area (Å²) in [7, 11) is 0. The van der Waals surface area contributed by atoms with E-state index >= 15 is 0 Å². The molecule has 0 unspecified atom stereocenters. The molecule has 1 N–H and O–H groups in total. The summed E-state index contributed by atoms with van der Waals surface area (Å²) in [4.78, 5) is 30.5. The third-order valence-electron chi connectivity index (χ3n) is 5.23. The lowest BCUT2D eigenvalue weighted by molar-refractivity contribution is -0.121. The average molecular weight is 423 g/mol. The maximum Gasteiger partial charge on any atom is 0.258 e. The number of benzene rings is 1. The summed E-state index contributed by atoms with van der Waals surface area (Å²) in [6.07, 6.45) is 0.536. The Kier molecular flexibility index (Phi) is 5.50. The third kappa shape index (κ3) is 4.03. The Bertz CT molecular complexity index is 1210. The molecule has 0 aliphatic carbocycles. The summed E-state index contributed by atoms with van der Waals surface area (Å²) in [6, 6.07) is 7.41. The number of aryl methyl sites for hydroxylation is 3. The van der Waals surface area contributed by atoms with Crippen LogP contribution in [0.4, 0.5) is 0 Å². The maximum absolute atomic E-state index is 13.1. The number of carbonyl (C=O) groups excluding carboxylic acids is 1. The van der Waals surface area contributed by atoms with Gasteiger partial charge in [0.25, 0.3) is 5.56 Å². The molecular formula is C22H25N5O4. The number of hydrogen-bond acceptors (Lipinski definition) is 6. The highest BCUT2D eigenvalue weighted by Crippen LogP contribution is 2.32. The fourth-order valence-electron chi connectivity index (χ4n) is 3.68. The minimum Gasteiger partial charge on any atom is -0.454 e. The van der Waals surface area contributed by atoms with Crippen molar-refractivity contribution >= 4 is 5.91 Å². The van der Waals surface area contributed by atoms with Crippen LogP contribution in [0.1, 0.15) is 35.1 Å². The molecular weight excluding hydrogens is 398 g/mol. The smallest absolute Gasteiger partial charge is 0.258 e. The second-order valence-corrected chi connectivity index (χ2v) is 7.52. The molecule has 0 radical (unpaired) electrons. The van der Waals surface area contributed by atoms with Gasteiger partial charge in [-0.3, -0.25) is 14.2 Å². The van der Waals surface area contributed by atoms with Gasteiger partial charge in [-0.2, -0.15) is 5.10 Å². The average Bonchev–Trinajstić information content (AvgIpc) is 3.33. The largest absolute Gasteiger partial charge is 0.454 e. The first-order valence-electron chi connectivity index (χ1n) is 10.2. The molecule has 0 saturated heterocycles. The van der Waals surface area contributed by atoms with E-state index < -0.39 is 0 Å². The van der Waals surface area contributed by atoms with Crippen molar-refractivity contribution in [1.82, 2.24) is 24.6 Å².